The summed E-state index contributed by atoms with van der Waals surface area (Å²) in [6.45, 7) is 1.26. The van der Waals surface area contributed by atoms with E-state index in [1.54, 1.807) is 7.11 Å². The predicted octanol–water partition coefficient (Wildman–Crippen LogP) is 3.58. The fourth-order valence-electron chi connectivity index (χ4n) is 4.10. The fourth-order valence-corrected chi connectivity index (χ4v) is 4.10. The van der Waals surface area contributed by atoms with Crippen molar-refractivity contribution in [2.75, 3.05) is 13.7 Å². The second-order valence-electron chi connectivity index (χ2n) is 7.32. The van der Waals surface area contributed by atoms with Gasteiger partial charge in [0.05, 0.1) is 7.11 Å². The van der Waals surface area contributed by atoms with Gasteiger partial charge in [0.25, 0.3) is 0 Å². The SMILES string of the molecule is COc1ccc2c(c1)CC(NCC(C1CC1)C1CC1)CC2. The normalized spacial score (nSPS) is 25.0. The molecule has 0 aliphatic heterocycles. The lowest BCUT2D eigenvalue weighted by Gasteiger charge is -2.28. The van der Waals surface area contributed by atoms with Gasteiger partial charge in [-0.2, -0.15) is 0 Å². The lowest BCUT2D eigenvalue weighted by molar-refractivity contribution is 0.341. The molecule has 4 rings (SSSR count). The van der Waals surface area contributed by atoms with E-state index in [1.165, 1.54) is 62.6 Å². The van der Waals surface area contributed by atoms with E-state index in [9.17, 15) is 0 Å². The minimum atomic E-state index is 0.671. The van der Waals surface area contributed by atoms with Gasteiger partial charge in [0.15, 0.2) is 0 Å². The van der Waals surface area contributed by atoms with Crippen LogP contribution in [0.15, 0.2) is 18.2 Å². The minimum absolute atomic E-state index is 0.671. The van der Waals surface area contributed by atoms with Gasteiger partial charge in [-0.3, -0.25) is 0 Å². The highest BCUT2D eigenvalue weighted by Crippen LogP contribution is 2.48. The highest BCUT2D eigenvalue weighted by Gasteiger charge is 2.41. The third-order valence-corrected chi connectivity index (χ3v) is 5.74. The second kappa shape index (κ2) is 5.64. The van der Waals surface area contributed by atoms with Gasteiger partial charge in [-0.25, -0.2) is 0 Å². The van der Waals surface area contributed by atoms with E-state index in [4.69, 9.17) is 4.74 Å². The molecule has 1 N–H and O–H groups in total. The molecule has 0 saturated heterocycles. The van der Waals surface area contributed by atoms with Crippen LogP contribution in [0, 0.1) is 17.8 Å². The lowest BCUT2D eigenvalue weighted by atomic mass is 9.87. The van der Waals surface area contributed by atoms with Crippen molar-refractivity contribution in [1.82, 2.24) is 5.32 Å². The Hall–Kier alpha value is -1.02. The van der Waals surface area contributed by atoms with E-state index in [2.05, 4.69) is 23.5 Å². The van der Waals surface area contributed by atoms with Crippen molar-refractivity contribution in [3.05, 3.63) is 29.3 Å². The Kier molecular flexibility index (Phi) is 3.66. The van der Waals surface area contributed by atoms with Crippen molar-refractivity contribution < 1.29 is 4.74 Å². The van der Waals surface area contributed by atoms with Crippen molar-refractivity contribution in [1.29, 1.82) is 0 Å². The van der Waals surface area contributed by atoms with Crippen molar-refractivity contribution in [3.63, 3.8) is 0 Å². The maximum absolute atomic E-state index is 5.37. The number of aryl methyl sites for hydroxylation is 1. The third kappa shape index (κ3) is 3.11. The van der Waals surface area contributed by atoms with E-state index in [0.29, 0.717) is 6.04 Å². The Balaban J connectivity index is 1.36. The number of hydrogen-bond donors (Lipinski definition) is 1. The molecule has 114 valence electrons. The zero-order valence-corrected chi connectivity index (χ0v) is 13.1. The summed E-state index contributed by atoms with van der Waals surface area (Å²) in [5.41, 5.74) is 3.02. The predicted molar refractivity (Wildman–Crippen MR) is 85.7 cm³/mol. The zero-order valence-electron chi connectivity index (χ0n) is 13.1. The van der Waals surface area contributed by atoms with Crippen LogP contribution in [0.25, 0.3) is 0 Å². The van der Waals surface area contributed by atoms with Gasteiger partial charge in [-0.1, -0.05) is 6.07 Å². The molecule has 21 heavy (non-hydrogen) atoms. The molecule has 0 aromatic heterocycles. The molecule has 2 nitrogen and oxygen atoms in total. The van der Waals surface area contributed by atoms with E-state index in [-0.39, 0.29) is 0 Å². The van der Waals surface area contributed by atoms with Gasteiger partial charge in [0.2, 0.25) is 0 Å². The van der Waals surface area contributed by atoms with Crippen LogP contribution in [0.3, 0.4) is 0 Å². The summed E-state index contributed by atoms with van der Waals surface area (Å²) in [7, 11) is 1.76. The molecule has 2 heteroatoms. The van der Waals surface area contributed by atoms with Crippen LogP contribution in [0.5, 0.6) is 5.75 Å². The van der Waals surface area contributed by atoms with Crippen LogP contribution in [-0.4, -0.2) is 19.7 Å². The van der Waals surface area contributed by atoms with Crippen molar-refractivity contribution in [3.8, 4) is 5.75 Å². The van der Waals surface area contributed by atoms with Gasteiger partial charge in [0, 0.05) is 6.04 Å². The van der Waals surface area contributed by atoms with Crippen LogP contribution in [0.2, 0.25) is 0 Å². The number of rotatable bonds is 6. The quantitative estimate of drug-likeness (QED) is 0.862. The van der Waals surface area contributed by atoms with Crippen LogP contribution >= 0.6 is 0 Å². The standard InChI is InChI=1S/C19H27NO/c1-21-18-9-7-13-6-8-17(10-16(13)11-18)20-12-19(14-2-3-14)15-4-5-15/h7,9,11,14-15,17,19-20H,2-6,8,10,12H2,1H3. The molecule has 1 aromatic rings. The average molecular weight is 285 g/mol. The molecule has 0 radical (unpaired) electrons. The Morgan fingerprint density at radius 1 is 1.10 bits per heavy atom. The van der Waals surface area contributed by atoms with Gasteiger partial charge in [0.1, 0.15) is 5.75 Å². The van der Waals surface area contributed by atoms with Gasteiger partial charge in [-0.05, 0) is 92.5 Å². The van der Waals surface area contributed by atoms with E-state index in [1.807, 2.05) is 0 Å². The van der Waals surface area contributed by atoms with Crippen molar-refractivity contribution in [2.24, 2.45) is 17.8 Å². The summed E-state index contributed by atoms with van der Waals surface area (Å²) in [4.78, 5) is 0. The summed E-state index contributed by atoms with van der Waals surface area (Å²) in [5.74, 6) is 4.10. The van der Waals surface area contributed by atoms with E-state index < -0.39 is 0 Å². The molecule has 0 heterocycles. The number of benzene rings is 1. The topological polar surface area (TPSA) is 21.3 Å². The Labute approximate surface area is 128 Å². The molecular formula is C19H27NO. The highest BCUT2D eigenvalue weighted by molar-refractivity contribution is 5.37. The van der Waals surface area contributed by atoms with E-state index >= 15 is 0 Å². The smallest absolute Gasteiger partial charge is 0.119 e. The highest BCUT2D eigenvalue weighted by atomic mass is 16.5. The summed E-state index contributed by atoms with van der Waals surface area (Å²) in [6, 6.07) is 7.26. The summed E-state index contributed by atoms with van der Waals surface area (Å²) < 4.78 is 5.37. The molecule has 0 amide bonds. The number of methoxy groups -OCH3 is 1. The van der Waals surface area contributed by atoms with Crippen LogP contribution in [-0.2, 0) is 12.8 Å². The molecule has 2 fully saturated rings. The fraction of sp³-hybridized carbons (Fsp3) is 0.684. The molecule has 3 aliphatic carbocycles. The summed E-state index contributed by atoms with van der Waals surface area (Å²) >= 11 is 0. The Bertz CT molecular complexity index is 492. The zero-order chi connectivity index (χ0) is 14.2. The van der Waals surface area contributed by atoms with Gasteiger partial charge >= 0.3 is 0 Å². The third-order valence-electron chi connectivity index (χ3n) is 5.74. The van der Waals surface area contributed by atoms with Crippen LogP contribution in [0.4, 0.5) is 0 Å². The molecule has 0 bridgehead atoms. The largest absolute Gasteiger partial charge is 0.497 e. The van der Waals surface area contributed by atoms with E-state index in [0.717, 1.165) is 23.5 Å². The van der Waals surface area contributed by atoms with Gasteiger partial charge in [-0.15, -0.1) is 0 Å². The number of fused-ring (bicyclic) bond motifs is 1. The molecular weight excluding hydrogens is 258 g/mol. The maximum Gasteiger partial charge on any atom is 0.119 e. The minimum Gasteiger partial charge on any atom is -0.497 e. The van der Waals surface area contributed by atoms with Crippen LogP contribution < -0.4 is 10.1 Å². The summed E-state index contributed by atoms with van der Waals surface area (Å²) in [5, 5.41) is 3.90. The second-order valence-corrected chi connectivity index (χ2v) is 7.32. The summed E-state index contributed by atoms with van der Waals surface area (Å²) in [6.07, 6.45) is 9.66. The first-order chi connectivity index (χ1) is 10.3. The lowest BCUT2D eigenvalue weighted by Crippen LogP contribution is -2.38. The first kappa shape index (κ1) is 13.6. The number of hydrogen-bond acceptors (Lipinski definition) is 2. The molecule has 1 atom stereocenters. The molecule has 0 spiro atoms. The monoisotopic (exact) mass is 285 g/mol. The van der Waals surface area contributed by atoms with Gasteiger partial charge < -0.3 is 10.1 Å². The van der Waals surface area contributed by atoms with Crippen molar-refractivity contribution >= 4 is 0 Å². The Morgan fingerprint density at radius 2 is 1.86 bits per heavy atom. The van der Waals surface area contributed by atoms with Crippen molar-refractivity contribution in [2.45, 2.75) is 51.0 Å². The maximum atomic E-state index is 5.37. The molecule has 1 unspecified atom stereocenters. The first-order valence-electron chi connectivity index (χ1n) is 8.72. The van der Waals surface area contributed by atoms with Crippen LogP contribution in [0.1, 0.15) is 43.2 Å². The molecule has 1 aromatic carbocycles. The number of ether oxygens (including phenoxy) is 1. The number of nitrogens with one attached hydrogen (secondary N) is 1. The molecule has 3 aliphatic rings. The molecule has 2 saturated carbocycles. The average Bonchev–Trinajstić information content (AvgIpc) is 3.39. The Morgan fingerprint density at radius 3 is 2.52 bits per heavy atom. The first-order valence-corrected chi connectivity index (χ1v) is 8.72.